The molecule has 0 saturated carbocycles. The van der Waals surface area contributed by atoms with Gasteiger partial charge < -0.3 is 10.2 Å². The van der Waals surface area contributed by atoms with Crippen molar-refractivity contribution in [1.29, 1.82) is 0 Å². The lowest BCUT2D eigenvalue weighted by atomic mass is 10.0. The van der Waals surface area contributed by atoms with E-state index in [4.69, 9.17) is 0 Å². The normalized spacial score (nSPS) is 19.9. The Kier molecular flexibility index (Phi) is 4.69. The second-order valence-corrected chi connectivity index (χ2v) is 7.24. The molecule has 1 aliphatic rings. The Bertz CT molecular complexity index is 434. The number of nitrogens with one attached hydrogen (secondary N) is 1. The third-order valence-corrected chi connectivity index (χ3v) is 4.02. The lowest BCUT2D eigenvalue weighted by molar-refractivity contribution is 0.423. The molecule has 2 heterocycles. The third-order valence-electron chi connectivity index (χ3n) is 4.02. The largest absolute Gasteiger partial charge is 0.353 e. The average molecular weight is 275 g/mol. The molecule has 2 rings (SSSR count). The van der Waals surface area contributed by atoms with Gasteiger partial charge in [-0.25, -0.2) is 4.98 Å². The van der Waals surface area contributed by atoms with Crippen molar-refractivity contribution in [1.82, 2.24) is 10.3 Å². The fourth-order valence-electron chi connectivity index (χ4n) is 2.94. The van der Waals surface area contributed by atoms with Crippen molar-refractivity contribution in [3.63, 3.8) is 0 Å². The first kappa shape index (κ1) is 15.3. The summed E-state index contributed by atoms with van der Waals surface area (Å²) in [6.07, 6.45) is 4.50. The first-order chi connectivity index (χ1) is 9.38. The highest BCUT2D eigenvalue weighted by molar-refractivity contribution is 5.48. The molecule has 3 nitrogen and oxygen atoms in total. The zero-order valence-electron chi connectivity index (χ0n) is 13.6. The highest BCUT2D eigenvalue weighted by Gasteiger charge is 2.29. The molecule has 1 saturated heterocycles. The maximum absolute atomic E-state index is 4.68. The van der Waals surface area contributed by atoms with E-state index >= 15 is 0 Å². The molecule has 112 valence electrons. The van der Waals surface area contributed by atoms with Gasteiger partial charge in [-0.15, -0.1) is 0 Å². The molecule has 20 heavy (non-hydrogen) atoms. The van der Waals surface area contributed by atoms with Gasteiger partial charge in [-0.05, 0) is 45.6 Å². The van der Waals surface area contributed by atoms with Crippen LogP contribution in [-0.2, 0) is 6.54 Å². The summed E-state index contributed by atoms with van der Waals surface area (Å²) in [7, 11) is 0. The fraction of sp³-hybridized carbons (Fsp3) is 0.706. The smallest absolute Gasteiger partial charge is 0.133 e. The van der Waals surface area contributed by atoms with E-state index in [2.05, 4.69) is 55.9 Å². The van der Waals surface area contributed by atoms with Gasteiger partial charge in [0.2, 0.25) is 0 Å². The Morgan fingerprint density at radius 2 is 2.15 bits per heavy atom. The lowest BCUT2D eigenvalue weighted by Crippen LogP contribution is -2.37. The zero-order chi connectivity index (χ0) is 14.8. The van der Waals surface area contributed by atoms with Crippen LogP contribution in [-0.4, -0.2) is 23.1 Å². The first-order valence-electron chi connectivity index (χ1n) is 7.84. The number of anilines is 1. The van der Waals surface area contributed by atoms with Gasteiger partial charge in [-0.2, -0.15) is 0 Å². The predicted molar refractivity (Wildman–Crippen MR) is 86.0 cm³/mol. The van der Waals surface area contributed by atoms with Crippen molar-refractivity contribution < 1.29 is 0 Å². The van der Waals surface area contributed by atoms with Crippen molar-refractivity contribution >= 4 is 5.82 Å². The van der Waals surface area contributed by atoms with Gasteiger partial charge in [-0.3, -0.25) is 0 Å². The van der Waals surface area contributed by atoms with Crippen LogP contribution in [0.3, 0.4) is 0 Å². The van der Waals surface area contributed by atoms with E-state index in [1.807, 2.05) is 12.3 Å². The average Bonchev–Trinajstić information content (AvgIpc) is 2.85. The summed E-state index contributed by atoms with van der Waals surface area (Å²) >= 11 is 0. The summed E-state index contributed by atoms with van der Waals surface area (Å²) in [6.45, 7) is 13.3. The number of nitrogens with zero attached hydrogens (tertiary/aromatic N) is 2. The molecule has 0 aliphatic carbocycles. The summed E-state index contributed by atoms with van der Waals surface area (Å²) in [4.78, 5) is 7.20. The zero-order valence-corrected chi connectivity index (χ0v) is 13.6. The van der Waals surface area contributed by atoms with Crippen LogP contribution in [0.4, 0.5) is 5.82 Å². The lowest BCUT2D eigenvalue weighted by Gasteiger charge is -2.31. The molecule has 1 fully saturated rings. The minimum atomic E-state index is 0.134. The van der Waals surface area contributed by atoms with Crippen molar-refractivity contribution in [3.05, 3.63) is 23.9 Å². The molecule has 3 heteroatoms. The van der Waals surface area contributed by atoms with Crippen molar-refractivity contribution in [2.24, 2.45) is 5.92 Å². The molecule has 0 amide bonds. The van der Waals surface area contributed by atoms with Gasteiger partial charge in [0.15, 0.2) is 0 Å². The minimum absolute atomic E-state index is 0.134. The van der Waals surface area contributed by atoms with Gasteiger partial charge in [-0.1, -0.05) is 19.9 Å². The van der Waals surface area contributed by atoms with Crippen LogP contribution in [0, 0.1) is 5.92 Å². The summed E-state index contributed by atoms with van der Waals surface area (Å²) in [6, 6.07) is 4.89. The molecule has 1 N–H and O–H groups in total. The summed E-state index contributed by atoms with van der Waals surface area (Å²) < 4.78 is 0. The van der Waals surface area contributed by atoms with E-state index in [1.54, 1.807) is 0 Å². The minimum Gasteiger partial charge on any atom is -0.353 e. The van der Waals surface area contributed by atoms with E-state index in [9.17, 15) is 0 Å². The number of hydrogen-bond acceptors (Lipinski definition) is 3. The van der Waals surface area contributed by atoms with Gasteiger partial charge >= 0.3 is 0 Å². The SMILES string of the molecule is CC(C)C1CCCN1c1ncccc1CNC(C)(C)C. The van der Waals surface area contributed by atoms with E-state index in [-0.39, 0.29) is 5.54 Å². The molecule has 0 radical (unpaired) electrons. The van der Waals surface area contributed by atoms with Crippen LogP contribution in [0.2, 0.25) is 0 Å². The summed E-state index contributed by atoms with van der Waals surface area (Å²) in [5.74, 6) is 1.86. The highest BCUT2D eigenvalue weighted by Crippen LogP contribution is 2.30. The Labute approximate surface area is 123 Å². The van der Waals surface area contributed by atoms with E-state index in [1.165, 1.54) is 24.2 Å². The summed E-state index contributed by atoms with van der Waals surface area (Å²) in [5.41, 5.74) is 1.45. The highest BCUT2D eigenvalue weighted by atomic mass is 15.2. The first-order valence-corrected chi connectivity index (χ1v) is 7.84. The maximum atomic E-state index is 4.68. The molecular weight excluding hydrogens is 246 g/mol. The second kappa shape index (κ2) is 6.13. The van der Waals surface area contributed by atoms with Crippen LogP contribution >= 0.6 is 0 Å². The van der Waals surface area contributed by atoms with Crippen molar-refractivity contribution in [2.45, 2.75) is 65.6 Å². The van der Waals surface area contributed by atoms with Crippen LogP contribution in [0.1, 0.15) is 53.0 Å². The Morgan fingerprint density at radius 1 is 1.40 bits per heavy atom. The Morgan fingerprint density at radius 3 is 2.80 bits per heavy atom. The topological polar surface area (TPSA) is 28.2 Å². The maximum Gasteiger partial charge on any atom is 0.133 e. The van der Waals surface area contributed by atoms with E-state index in [0.29, 0.717) is 12.0 Å². The van der Waals surface area contributed by atoms with Gasteiger partial charge in [0, 0.05) is 36.4 Å². The Hall–Kier alpha value is -1.09. The molecule has 1 aliphatic heterocycles. The molecule has 0 aromatic carbocycles. The van der Waals surface area contributed by atoms with Crippen molar-refractivity contribution in [3.8, 4) is 0 Å². The molecule has 1 aromatic heterocycles. The van der Waals surface area contributed by atoms with Crippen LogP contribution in [0.5, 0.6) is 0 Å². The summed E-state index contributed by atoms with van der Waals surface area (Å²) in [5, 5.41) is 3.58. The van der Waals surface area contributed by atoms with Gasteiger partial charge in [0.25, 0.3) is 0 Å². The number of hydrogen-bond donors (Lipinski definition) is 1. The standard InChI is InChI=1S/C17H29N3/c1-13(2)15-9-7-11-20(15)16-14(8-6-10-18-16)12-19-17(3,4)5/h6,8,10,13,15,19H,7,9,11-12H2,1-5H3. The van der Waals surface area contributed by atoms with Crippen LogP contribution in [0.15, 0.2) is 18.3 Å². The molecule has 1 unspecified atom stereocenters. The predicted octanol–water partition coefficient (Wildman–Crippen LogP) is 3.59. The Balaban J connectivity index is 2.19. The van der Waals surface area contributed by atoms with Gasteiger partial charge in [0.1, 0.15) is 5.82 Å². The van der Waals surface area contributed by atoms with Crippen molar-refractivity contribution in [2.75, 3.05) is 11.4 Å². The van der Waals surface area contributed by atoms with Crippen LogP contribution in [0.25, 0.3) is 0 Å². The monoisotopic (exact) mass is 275 g/mol. The molecule has 0 spiro atoms. The second-order valence-electron chi connectivity index (χ2n) is 7.24. The fourth-order valence-corrected chi connectivity index (χ4v) is 2.94. The molecular formula is C17H29N3. The number of pyridine rings is 1. The quantitative estimate of drug-likeness (QED) is 0.910. The molecule has 1 atom stereocenters. The number of rotatable bonds is 4. The van der Waals surface area contributed by atoms with Crippen LogP contribution < -0.4 is 10.2 Å². The van der Waals surface area contributed by atoms with Gasteiger partial charge in [0.05, 0.1) is 0 Å². The van der Waals surface area contributed by atoms with E-state index < -0.39 is 0 Å². The third kappa shape index (κ3) is 3.72. The van der Waals surface area contributed by atoms with E-state index in [0.717, 1.165) is 13.1 Å². The molecule has 1 aromatic rings. The number of aromatic nitrogens is 1. The molecule has 0 bridgehead atoms.